The quantitative estimate of drug-likeness (QED) is 0.724. The van der Waals surface area contributed by atoms with Gasteiger partial charge in [0.15, 0.2) is 22.2 Å². The summed E-state index contributed by atoms with van der Waals surface area (Å²) in [5.74, 6) is 0.573. The Morgan fingerprint density at radius 1 is 0.654 bits per heavy atom. The van der Waals surface area contributed by atoms with Crippen molar-refractivity contribution >= 4 is 11.5 Å². The highest BCUT2D eigenvalue weighted by Gasteiger charge is 2.10. The van der Waals surface area contributed by atoms with Crippen molar-refractivity contribution in [2.45, 2.75) is 0 Å². The molecule has 0 bridgehead atoms. The Balaban J connectivity index is 2.35. The Morgan fingerprint density at radius 3 is 1.31 bits per heavy atom. The first kappa shape index (κ1) is 17.3. The molecule has 0 aliphatic rings. The molecule has 0 aliphatic carbocycles. The first-order chi connectivity index (χ1) is 12.7. The van der Waals surface area contributed by atoms with E-state index in [0.717, 1.165) is 0 Å². The van der Waals surface area contributed by atoms with Crippen molar-refractivity contribution < 1.29 is 9.47 Å². The molecule has 6 heteroatoms. The van der Waals surface area contributed by atoms with Gasteiger partial charge in [0.2, 0.25) is 0 Å². The van der Waals surface area contributed by atoms with Crippen LogP contribution in [0.25, 0.3) is 11.5 Å². The Hall–Kier alpha value is -3.54. The fraction of sp³-hybridized carbons (Fsp3) is 0.100. The lowest BCUT2D eigenvalue weighted by Gasteiger charge is -2.07. The van der Waals surface area contributed by atoms with Gasteiger partial charge >= 0.3 is 0 Å². The summed E-state index contributed by atoms with van der Waals surface area (Å²) in [6, 6.07) is 18.2. The summed E-state index contributed by atoms with van der Waals surface area (Å²) >= 11 is 0. The third-order valence-electron chi connectivity index (χ3n) is 3.87. The lowest BCUT2D eigenvalue weighted by molar-refractivity contribution is 0.363. The molecule has 0 atom stereocenters. The standard InChI is InChI=1S/C20H18N2O4/c1-25-17(13-9-5-3-6-10-13)15-19(23)22-16(20(24)21-15)18(26-2)14-11-7-4-8-12-14/h3-12H,1-2H3,(H,21,24)(H,22,23). The molecule has 3 rings (SSSR count). The number of aromatic amines is 2. The van der Waals surface area contributed by atoms with Crippen LogP contribution in [0.1, 0.15) is 11.1 Å². The number of rotatable bonds is 4. The van der Waals surface area contributed by atoms with E-state index < -0.39 is 11.1 Å². The summed E-state index contributed by atoms with van der Waals surface area (Å²) in [6.07, 6.45) is 0. The maximum absolute atomic E-state index is 12.6. The Kier molecular flexibility index (Phi) is 5.03. The molecule has 0 fully saturated rings. The fourth-order valence-electron chi connectivity index (χ4n) is 2.69. The van der Waals surface area contributed by atoms with Crippen LogP contribution < -0.4 is 21.8 Å². The van der Waals surface area contributed by atoms with Crippen LogP contribution in [-0.2, 0) is 9.47 Å². The zero-order valence-electron chi connectivity index (χ0n) is 14.4. The van der Waals surface area contributed by atoms with E-state index in [4.69, 9.17) is 9.47 Å². The number of methoxy groups -OCH3 is 2. The van der Waals surface area contributed by atoms with E-state index in [0.29, 0.717) is 11.1 Å². The topological polar surface area (TPSA) is 84.2 Å². The van der Waals surface area contributed by atoms with E-state index in [9.17, 15) is 9.59 Å². The Morgan fingerprint density at radius 2 is 1.00 bits per heavy atom. The molecule has 0 saturated carbocycles. The molecule has 6 nitrogen and oxygen atoms in total. The van der Waals surface area contributed by atoms with Crippen molar-refractivity contribution in [2.24, 2.45) is 0 Å². The molecule has 0 amide bonds. The van der Waals surface area contributed by atoms with Crippen LogP contribution in [-0.4, -0.2) is 24.2 Å². The van der Waals surface area contributed by atoms with Crippen molar-refractivity contribution in [3.8, 4) is 0 Å². The van der Waals surface area contributed by atoms with E-state index in [1.165, 1.54) is 14.2 Å². The minimum atomic E-state index is -0.481. The minimum Gasteiger partial charge on any atom is -0.494 e. The predicted octanol–water partition coefficient (Wildman–Crippen LogP) is 0.669. The molecule has 0 saturated heterocycles. The average molecular weight is 350 g/mol. The van der Waals surface area contributed by atoms with Crippen LogP contribution in [0.5, 0.6) is 0 Å². The third-order valence-corrected chi connectivity index (χ3v) is 3.87. The van der Waals surface area contributed by atoms with Crippen molar-refractivity contribution in [1.29, 1.82) is 0 Å². The molecular formula is C20H18N2O4. The number of nitrogens with one attached hydrogen (secondary N) is 2. The zero-order valence-corrected chi connectivity index (χ0v) is 14.4. The van der Waals surface area contributed by atoms with Gasteiger partial charge in [-0.25, -0.2) is 0 Å². The molecule has 3 aromatic rings. The second kappa shape index (κ2) is 7.57. The highest BCUT2D eigenvalue weighted by atomic mass is 16.5. The van der Waals surface area contributed by atoms with E-state index >= 15 is 0 Å². The fourth-order valence-corrected chi connectivity index (χ4v) is 2.69. The van der Waals surface area contributed by atoms with Crippen LogP contribution in [0.3, 0.4) is 0 Å². The summed E-state index contributed by atoms with van der Waals surface area (Å²) in [5, 5.41) is 0.104. The summed E-state index contributed by atoms with van der Waals surface area (Å²) in [4.78, 5) is 30.5. The third kappa shape index (κ3) is 3.30. The first-order valence-electron chi connectivity index (χ1n) is 7.95. The number of ether oxygens (including phenoxy) is 2. The van der Waals surface area contributed by atoms with E-state index in [2.05, 4.69) is 9.97 Å². The molecule has 26 heavy (non-hydrogen) atoms. The molecule has 2 aromatic carbocycles. The van der Waals surface area contributed by atoms with Gasteiger partial charge in [-0.1, -0.05) is 60.7 Å². The normalized spacial score (nSPS) is 13.0. The van der Waals surface area contributed by atoms with Gasteiger partial charge < -0.3 is 19.4 Å². The summed E-state index contributed by atoms with van der Waals surface area (Å²) in [6.45, 7) is 0. The van der Waals surface area contributed by atoms with Gasteiger partial charge in [-0.3, -0.25) is 9.59 Å². The molecule has 0 radical (unpaired) electrons. The highest BCUT2D eigenvalue weighted by Crippen LogP contribution is 2.10. The van der Waals surface area contributed by atoms with Crippen LogP contribution in [0.4, 0.5) is 0 Å². The zero-order chi connectivity index (χ0) is 18.5. The van der Waals surface area contributed by atoms with Gasteiger partial charge in [0, 0.05) is 11.1 Å². The summed E-state index contributed by atoms with van der Waals surface area (Å²) < 4.78 is 10.7. The summed E-state index contributed by atoms with van der Waals surface area (Å²) in [5.41, 5.74) is 0.405. The van der Waals surface area contributed by atoms with Gasteiger partial charge in [-0.15, -0.1) is 0 Å². The lowest BCUT2D eigenvalue weighted by Crippen LogP contribution is -2.49. The number of aromatic nitrogens is 2. The number of hydrogen-bond acceptors (Lipinski definition) is 4. The van der Waals surface area contributed by atoms with Crippen LogP contribution >= 0.6 is 0 Å². The molecule has 1 heterocycles. The van der Waals surface area contributed by atoms with Gasteiger partial charge in [0.05, 0.1) is 14.2 Å². The Labute approximate surface area is 149 Å². The predicted molar refractivity (Wildman–Crippen MR) is 98.9 cm³/mol. The van der Waals surface area contributed by atoms with Gasteiger partial charge in [0.1, 0.15) is 0 Å². The summed E-state index contributed by atoms with van der Waals surface area (Å²) in [7, 11) is 2.90. The number of benzene rings is 2. The van der Waals surface area contributed by atoms with Crippen LogP contribution in [0.15, 0.2) is 70.3 Å². The molecule has 1 aromatic heterocycles. The largest absolute Gasteiger partial charge is 0.494 e. The monoisotopic (exact) mass is 350 g/mol. The maximum Gasteiger partial charge on any atom is 0.276 e. The second-order valence-corrected chi connectivity index (χ2v) is 5.46. The molecule has 0 unspecified atom stereocenters. The van der Waals surface area contributed by atoms with Crippen molar-refractivity contribution in [1.82, 2.24) is 9.97 Å². The molecule has 2 N–H and O–H groups in total. The molecule has 0 spiro atoms. The molecule has 0 aliphatic heterocycles. The van der Waals surface area contributed by atoms with Gasteiger partial charge in [-0.05, 0) is 0 Å². The average Bonchev–Trinajstić information content (AvgIpc) is 2.68. The number of H-pyrrole nitrogens is 2. The first-order valence-corrected chi connectivity index (χ1v) is 7.95. The van der Waals surface area contributed by atoms with E-state index in [-0.39, 0.29) is 22.2 Å². The van der Waals surface area contributed by atoms with E-state index in [1.54, 1.807) is 24.3 Å². The van der Waals surface area contributed by atoms with Crippen molar-refractivity contribution in [2.75, 3.05) is 14.2 Å². The van der Waals surface area contributed by atoms with Gasteiger partial charge in [0.25, 0.3) is 11.1 Å². The van der Waals surface area contributed by atoms with Gasteiger partial charge in [-0.2, -0.15) is 0 Å². The smallest absolute Gasteiger partial charge is 0.276 e. The minimum absolute atomic E-state index is 0.0518. The highest BCUT2D eigenvalue weighted by molar-refractivity contribution is 5.59. The SMILES string of the molecule is COC(c1ccccc1)=c1[nH]c(=O)c(=C(OC)c2ccccc2)[nH]c1=O. The van der Waals surface area contributed by atoms with Crippen molar-refractivity contribution in [3.63, 3.8) is 0 Å². The van der Waals surface area contributed by atoms with E-state index in [1.807, 2.05) is 36.4 Å². The van der Waals surface area contributed by atoms with Crippen molar-refractivity contribution in [3.05, 3.63) is 103 Å². The molecule has 132 valence electrons. The maximum atomic E-state index is 12.6. The molecular weight excluding hydrogens is 332 g/mol. The van der Waals surface area contributed by atoms with Crippen LogP contribution in [0, 0.1) is 0 Å². The van der Waals surface area contributed by atoms with Crippen LogP contribution in [0.2, 0.25) is 0 Å². The second-order valence-electron chi connectivity index (χ2n) is 5.46. The Bertz CT molecular complexity index is 1040. The number of hydrogen-bond donors (Lipinski definition) is 2. The lowest BCUT2D eigenvalue weighted by atomic mass is 10.1.